The van der Waals surface area contributed by atoms with E-state index in [2.05, 4.69) is 9.98 Å². The van der Waals surface area contributed by atoms with Crippen molar-refractivity contribution in [2.24, 2.45) is 4.99 Å². The molecule has 0 aliphatic heterocycles. The molecule has 0 spiro atoms. The first-order valence-electron chi connectivity index (χ1n) is 6.88. The van der Waals surface area contributed by atoms with E-state index in [0.717, 1.165) is 6.21 Å². The second-order valence-corrected chi connectivity index (χ2v) is 5.25. The maximum atomic E-state index is 13.7. The Labute approximate surface area is 145 Å². The predicted molar refractivity (Wildman–Crippen MR) is 88.9 cm³/mol. The Bertz CT molecular complexity index is 987. The first kappa shape index (κ1) is 16.6. The Morgan fingerprint density at radius 2 is 2.08 bits per heavy atom. The lowest BCUT2D eigenvalue weighted by atomic mass is 10.2. The quantitative estimate of drug-likeness (QED) is 0.419. The van der Waals surface area contributed by atoms with Gasteiger partial charge in [0, 0.05) is 12.1 Å². The highest BCUT2D eigenvalue weighted by atomic mass is 35.5. The molecular weight excluding hydrogens is 353 g/mol. The Balaban J connectivity index is 1.94. The van der Waals surface area contributed by atoms with Gasteiger partial charge in [0.15, 0.2) is 5.69 Å². The average molecular weight is 362 g/mol. The molecule has 2 aromatic carbocycles. The zero-order valence-corrected chi connectivity index (χ0v) is 13.1. The summed E-state index contributed by atoms with van der Waals surface area (Å²) in [6.45, 7) is 0. The van der Waals surface area contributed by atoms with Crippen LogP contribution in [0.1, 0.15) is 5.69 Å². The first-order chi connectivity index (χ1) is 12.0. The molecule has 25 heavy (non-hydrogen) atoms. The van der Waals surface area contributed by atoms with Gasteiger partial charge in [0.25, 0.3) is 5.69 Å². The fraction of sp³-hybridized carbons (Fsp3) is 0. The largest absolute Gasteiger partial charge is 0.479 e. The van der Waals surface area contributed by atoms with Crippen molar-refractivity contribution in [1.82, 2.24) is 4.98 Å². The molecule has 1 heterocycles. The number of oxazole rings is 1. The number of aromatic nitrogens is 1. The molecular formula is C16H9ClFN3O4. The van der Waals surface area contributed by atoms with Crippen molar-refractivity contribution in [1.29, 1.82) is 0 Å². The van der Waals surface area contributed by atoms with E-state index in [4.69, 9.17) is 16.0 Å². The van der Waals surface area contributed by atoms with Gasteiger partial charge in [-0.05, 0) is 18.2 Å². The molecule has 3 rings (SSSR count). The number of non-ortho nitro benzene ring substituents is 1. The summed E-state index contributed by atoms with van der Waals surface area (Å²) < 4.78 is 18.8. The lowest BCUT2D eigenvalue weighted by Crippen LogP contribution is -1.88. The van der Waals surface area contributed by atoms with Gasteiger partial charge < -0.3 is 9.52 Å². The van der Waals surface area contributed by atoms with Gasteiger partial charge in [0.1, 0.15) is 5.82 Å². The van der Waals surface area contributed by atoms with Crippen LogP contribution in [0.25, 0.3) is 11.5 Å². The number of benzene rings is 2. The number of nitro groups is 1. The Morgan fingerprint density at radius 3 is 2.80 bits per heavy atom. The van der Waals surface area contributed by atoms with Crippen LogP contribution in [0, 0.1) is 15.9 Å². The molecule has 0 aliphatic rings. The fourth-order valence-corrected chi connectivity index (χ4v) is 2.17. The number of hydrogen-bond acceptors (Lipinski definition) is 6. The van der Waals surface area contributed by atoms with Gasteiger partial charge >= 0.3 is 5.95 Å². The number of halogens is 2. The summed E-state index contributed by atoms with van der Waals surface area (Å²) in [6.07, 6.45) is 1.12. The zero-order chi connectivity index (χ0) is 18.0. The van der Waals surface area contributed by atoms with E-state index in [-0.39, 0.29) is 33.5 Å². The highest BCUT2D eigenvalue weighted by molar-refractivity contribution is 6.33. The molecule has 3 aromatic rings. The third-order valence-electron chi connectivity index (χ3n) is 3.21. The molecule has 1 aromatic heterocycles. The van der Waals surface area contributed by atoms with E-state index in [1.165, 1.54) is 36.4 Å². The van der Waals surface area contributed by atoms with Gasteiger partial charge in [0.2, 0.25) is 5.89 Å². The van der Waals surface area contributed by atoms with Crippen molar-refractivity contribution in [3.63, 3.8) is 0 Å². The minimum Gasteiger partial charge on any atom is -0.479 e. The number of rotatable bonds is 4. The normalized spacial score (nSPS) is 11.1. The monoisotopic (exact) mass is 361 g/mol. The van der Waals surface area contributed by atoms with Crippen LogP contribution in [0.2, 0.25) is 5.02 Å². The average Bonchev–Trinajstić information content (AvgIpc) is 2.95. The van der Waals surface area contributed by atoms with Crippen LogP contribution in [0.3, 0.4) is 0 Å². The van der Waals surface area contributed by atoms with E-state index in [1.54, 1.807) is 6.07 Å². The van der Waals surface area contributed by atoms with Crippen molar-refractivity contribution in [3.05, 3.63) is 69.1 Å². The minimum atomic E-state index is -0.584. The smallest absolute Gasteiger partial charge is 0.312 e. The van der Waals surface area contributed by atoms with Gasteiger partial charge in [-0.2, -0.15) is 0 Å². The third-order valence-corrected chi connectivity index (χ3v) is 3.52. The summed E-state index contributed by atoms with van der Waals surface area (Å²) in [4.78, 5) is 18.1. The maximum absolute atomic E-state index is 13.7. The third kappa shape index (κ3) is 3.48. The zero-order valence-electron chi connectivity index (χ0n) is 12.4. The van der Waals surface area contributed by atoms with Gasteiger partial charge in [-0.15, -0.1) is 0 Å². The van der Waals surface area contributed by atoms with E-state index >= 15 is 0 Å². The molecule has 0 radical (unpaired) electrons. The summed E-state index contributed by atoms with van der Waals surface area (Å²) in [6, 6.07) is 9.52. The number of hydrogen-bond donors (Lipinski definition) is 1. The van der Waals surface area contributed by atoms with Crippen LogP contribution in [0.5, 0.6) is 5.95 Å². The molecule has 0 bridgehead atoms. The molecule has 0 saturated heterocycles. The Kier molecular flexibility index (Phi) is 4.44. The van der Waals surface area contributed by atoms with Gasteiger partial charge in [-0.1, -0.05) is 23.7 Å². The molecule has 126 valence electrons. The Morgan fingerprint density at radius 1 is 1.32 bits per heavy atom. The summed E-state index contributed by atoms with van der Waals surface area (Å²) in [5.41, 5.74) is -0.0645. The van der Waals surface area contributed by atoms with E-state index in [0.29, 0.717) is 0 Å². The molecule has 0 unspecified atom stereocenters. The highest BCUT2D eigenvalue weighted by Gasteiger charge is 2.16. The molecule has 0 saturated carbocycles. The van der Waals surface area contributed by atoms with Gasteiger partial charge in [0.05, 0.1) is 27.4 Å². The second kappa shape index (κ2) is 6.70. The number of aliphatic imine (C=N–C) groups is 1. The Hall–Kier alpha value is -3.26. The highest BCUT2D eigenvalue weighted by Crippen LogP contribution is 2.31. The SMILES string of the molecule is O=[N+]([O-])c1ccc(Cl)c(N=Cc2nc(-c3ccccc3F)oc2O)c1. The van der Waals surface area contributed by atoms with Crippen molar-refractivity contribution in [2.75, 3.05) is 0 Å². The summed E-state index contributed by atoms with van der Waals surface area (Å²) in [5.74, 6) is -1.25. The van der Waals surface area contributed by atoms with Gasteiger partial charge in [-0.25, -0.2) is 9.37 Å². The molecule has 0 atom stereocenters. The second-order valence-electron chi connectivity index (χ2n) is 4.84. The fourth-order valence-electron chi connectivity index (χ4n) is 2.00. The maximum Gasteiger partial charge on any atom is 0.312 e. The van der Waals surface area contributed by atoms with E-state index in [9.17, 15) is 19.6 Å². The van der Waals surface area contributed by atoms with Crippen molar-refractivity contribution in [3.8, 4) is 17.4 Å². The molecule has 0 amide bonds. The summed E-state index contributed by atoms with van der Waals surface area (Å²) in [5, 5.41) is 20.8. The van der Waals surface area contributed by atoms with Crippen LogP contribution in [-0.4, -0.2) is 21.2 Å². The lowest BCUT2D eigenvalue weighted by Gasteiger charge is -1.97. The molecule has 1 N–H and O–H groups in total. The number of nitrogens with zero attached hydrogens (tertiary/aromatic N) is 3. The summed E-state index contributed by atoms with van der Waals surface area (Å²) in [7, 11) is 0. The lowest BCUT2D eigenvalue weighted by molar-refractivity contribution is -0.384. The molecule has 7 nitrogen and oxygen atoms in total. The summed E-state index contributed by atoms with van der Waals surface area (Å²) >= 11 is 5.94. The molecule has 0 aliphatic carbocycles. The van der Waals surface area contributed by atoms with Crippen molar-refractivity contribution < 1.29 is 18.8 Å². The first-order valence-corrected chi connectivity index (χ1v) is 7.26. The van der Waals surface area contributed by atoms with E-state index < -0.39 is 16.7 Å². The van der Waals surface area contributed by atoms with E-state index in [1.807, 2.05) is 0 Å². The minimum absolute atomic E-state index is 0.0687. The predicted octanol–water partition coefficient (Wildman–Crippen LogP) is 4.50. The van der Waals surface area contributed by atoms with Crippen LogP contribution in [0.15, 0.2) is 51.9 Å². The van der Waals surface area contributed by atoms with Gasteiger partial charge in [-0.3, -0.25) is 15.1 Å². The van der Waals surface area contributed by atoms with Crippen LogP contribution in [-0.2, 0) is 0 Å². The van der Waals surface area contributed by atoms with Crippen molar-refractivity contribution >= 4 is 29.2 Å². The van der Waals surface area contributed by atoms with Crippen molar-refractivity contribution in [2.45, 2.75) is 0 Å². The van der Waals surface area contributed by atoms with Crippen LogP contribution in [0.4, 0.5) is 15.8 Å². The molecule has 9 heteroatoms. The molecule has 0 fully saturated rings. The van der Waals surface area contributed by atoms with Crippen LogP contribution >= 0.6 is 11.6 Å². The number of aromatic hydroxyl groups is 1. The standard InChI is InChI=1S/C16H9ClFN3O4/c17-11-6-5-9(21(23)24)7-13(11)19-8-14-16(22)25-15(20-14)10-3-1-2-4-12(10)18/h1-8,22H. The van der Waals surface area contributed by atoms with Crippen LogP contribution < -0.4 is 0 Å². The topological polar surface area (TPSA) is 102 Å². The number of nitro benzene ring substituents is 1.